The third-order valence-corrected chi connectivity index (χ3v) is 4.87. The van der Waals surface area contributed by atoms with E-state index in [1.54, 1.807) is 12.1 Å². The van der Waals surface area contributed by atoms with E-state index in [1.165, 1.54) is 6.07 Å². The highest BCUT2D eigenvalue weighted by atomic mass is 16.5. The number of fused-ring (bicyclic) bond motifs is 1. The van der Waals surface area contributed by atoms with E-state index in [1.807, 2.05) is 41.0 Å². The predicted molar refractivity (Wildman–Crippen MR) is 112 cm³/mol. The molecule has 0 aliphatic carbocycles. The third kappa shape index (κ3) is 3.61. The smallest absolute Gasteiger partial charge is 0.336 e. The highest BCUT2D eigenvalue weighted by Gasteiger charge is 2.18. The lowest BCUT2D eigenvalue weighted by Gasteiger charge is -2.12. The molecule has 1 amide bonds. The zero-order chi connectivity index (χ0) is 21.1. The van der Waals surface area contributed by atoms with E-state index in [4.69, 9.17) is 0 Å². The van der Waals surface area contributed by atoms with Crippen LogP contribution < -0.4 is 11.1 Å². The number of unbranched alkanes of at least 4 members (excludes halogenated alkanes) is 1. The summed E-state index contributed by atoms with van der Waals surface area (Å²) in [6.45, 7) is 2.83. The number of anilines is 1. The molecular formula is C22H19N5O3. The lowest BCUT2D eigenvalue weighted by atomic mass is 10.1. The number of amides is 1. The van der Waals surface area contributed by atoms with E-state index in [9.17, 15) is 14.9 Å². The van der Waals surface area contributed by atoms with Crippen molar-refractivity contribution in [3.8, 4) is 17.5 Å². The second-order valence-corrected chi connectivity index (χ2v) is 6.86. The average molecular weight is 401 g/mol. The van der Waals surface area contributed by atoms with Crippen molar-refractivity contribution < 1.29 is 9.32 Å². The summed E-state index contributed by atoms with van der Waals surface area (Å²) in [5.74, 6) is -0.873. The number of aromatic nitrogens is 3. The van der Waals surface area contributed by atoms with Gasteiger partial charge in [-0.2, -0.15) is 5.26 Å². The summed E-state index contributed by atoms with van der Waals surface area (Å²) < 4.78 is 6.59. The van der Waals surface area contributed by atoms with Crippen LogP contribution in [0.4, 0.5) is 5.69 Å². The molecule has 2 aromatic heterocycles. The maximum atomic E-state index is 13.2. The molecule has 0 aliphatic heterocycles. The summed E-state index contributed by atoms with van der Waals surface area (Å²) in [6.07, 6.45) is 1.95. The Hall–Kier alpha value is -4.12. The number of nitrogens with zero attached hydrogens (tertiary/aromatic N) is 3. The van der Waals surface area contributed by atoms with Crippen molar-refractivity contribution in [2.75, 3.05) is 5.32 Å². The number of para-hydroxylation sites is 1. The van der Waals surface area contributed by atoms with Crippen LogP contribution in [0.25, 0.3) is 22.3 Å². The monoisotopic (exact) mass is 401 g/mol. The van der Waals surface area contributed by atoms with Gasteiger partial charge in [0.25, 0.3) is 5.91 Å². The second-order valence-electron chi connectivity index (χ2n) is 6.86. The Bertz CT molecular complexity index is 1320. The van der Waals surface area contributed by atoms with Crippen LogP contribution in [0.1, 0.15) is 35.8 Å². The van der Waals surface area contributed by atoms with Gasteiger partial charge >= 0.3 is 5.76 Å². The molecule has 0 aliphatic rings. The molecule has 4 rings (SSSR count). The minimum absolute atomic E-state index is 0.138. The van der Waals surface area contributed by atoms with Gasteiger partial charge < -0.3 is 9.88 Å². The molecule has 0 fully saturated rings. The van der Waals surface area contributed by atoms with E-state index in [-0.39, 0.29) is 11.7 Å². The molecule has 2 aromatic carbocycles. The number of nitrogens with one attached hydrogen (secondary N) is 2. The number of aromatic amines is 1. The summed E-state index contributed by atoms with van der Waals surface area (Å²) in [6, 6.07) is 16.5. The van der Waals surface area contributed by atoms with Crippen molar-refractivity contribution in [2.24, 2.45) is 0 Å². The maximum absolute atomic E-state index is 13.2. The Kier molecular flexibility index (Phi) is 5.18. The van der Waals surface area contributed by atoms with Crippen LogP contribution in [0.2, 0.25) is 0 Å². The van der Waals surface area contributed by atoms with E-state index in [2.05, 4.69) is 26.9 Å². The Morgan fingerprint density at radius 3 is 2.83 bits per heavy atom. The number of aryl methyl sites for hydroxylation is 1. The highest BCUT2D eigenvalue weighted by molar-refractivity contribution is 6.08. The van der Waals surface area contributed by atoms with Crippen molar-refractivity contribution >= 4 is 22.5 Å². The molecule has 8 heteroatoms. The largest absolute Gasteiger partial charge is 0.439 e. The van der Waals surface area contributed by atoms with Crippen molar-refractivity contribution in [2.45, 2.75) is 26.3 Å². The maximum Gasteiger partial charge on any atom is 0.439 e. The van der Waals surface area contributed by atoms with Gasteiger partial charge in [0.15, 0.2) is 5.82 Å². The Balaban J connectivity index is 1.75. The first kappa shape index (κ1) is 19.2. The molecule has 0 saturated heterocycles. The summed E-state index contributed by atoms with van der Waals surface area (Å²) in [7, 11) is 0. The summed E-state index contributed by atoms with van der Waals surface area (Å²) in [4.78, 5) is 27.0. The van der Waals surface area contributed by atoms with Gasteiger partial charge in [-0.15, -0.1) is 0 Å². The molecule has 0 spiro atoms. The molecule has 4 aromatic rings. The lowest BCUT2D eigenvalue weighted by Crippen LogP contribution is -2.18. The second kappa shape index (κ2) is 8.09. The molecule has 0 radical (unpaired) electrons. The van der Waals surface area contributed by atoms with Crippen LogP contribution in [0.15, 0.2) is 57.8 Å². The van der Waals surface area contributed by atoms with Gasteiger partial charge in [-0.3, -0.25) is 14.3 Å². The first-order chi connectivity index (χ1) is 14.6. The van der Waals surface area contributed by atoms with Crippen molar-refractivity contribution in [1.29, 1.82) is 5.26 Å². The quantitative estimate of drug-likeness (QED) is 0.508. The van der Waals surface area contributed by atoms with E-state index < -0.39 is 5.76 Å². The molecule has 30 heavy (non-hydrogen) atoms. The Labute approximate surface area is 171 Å². The Morgan fingerprint density at radius 1 is 1.27 bits per heavy atom. The minimum atomic E-state index is -0.718. The van der Waals surface area contributed by atoms with Crippen LogP contribution in [0.3, 0.4) is 0 Å². The summed E-state index contributed by atoms with van der Waals surface area (Å²) >= 11 is 0. The normalized spacial score (nSPS) is 10.8. The number of H-pyrrole nitrogens is 1. The number of hydrogen-bond acceptors (Lipinski definition) is 5. The van der Waals surface area contributed by atoms with E-state index >= 15 is 0 Å². The number of carbonyl (C=O) groups excluding carboxylic acids is 1. The average Bonchev–Trinajstić information content (AvgIpc) is 3.36. The number of benzene rings is 2. The predicted octanol–water partition coefficient (Wildman–Crippen LogP) is 3.91. The molecule has 2 N–H and O–H groups in total. The lowest BCUT2D eigenvalue weighted by molar-refractivity contribution is 0.101. The van der Waals surface area contributed by atoms with E-state index in [0.29, 0.717) is 22.5 Å². The third-order valence-electron chi connectivity index (χ3n) is 4.87. The highest BCUT2D eigenvalue weighted by Crippen LogP contribution is 2.28. The van der Waals surface area contributed by atoms with Crippen LogP contribution in [0, 0.1) is 11.3 Å². The summed E-state index contributed by atoms with van der Waals surface area (Å²) in [5.41, 5.74) is 2.70. The standard InChI is InChI=1S/C22H19N5O3/c1-2-3-10-27-18-7-5-4-6-15(18)12-19(27)21(28)24-17-9-8-14(13-23)11-16(17)20-25-22(29)30-26-20/h4-9,11-12H,2-3,10H2,1H3,(H,24,28)(H,25,26,29). The van der Waals surface area contributed by atoms with Crippen molar-refractivity contribution in [3.63, 3.8) is 0 Å². The molecular weight excluding hydrogens is 382 g/mol. The molecule has 2 heterocycles. The molecule has 150 valence electrons. The van der Waals surface area contributed by atoms with Gasteiger partial charge in [0.1, 0.15) is 5.69 Å². The zero-order valence-corrected chi connectivity index (χ0v) is 16.3. The first-order valence-electron chi connectivity index (χ1n) is 9.61. The first-order valence-corrected chi connectivity index (χ1v) is 9.61. The van der Waals surface area contributed by atoms with Gasteiger partial charge in [0.2, 0.25) is 0 Å². The van der Waals surface area contributed by atoms with Crippen molar-refractivity contribution in [1.82, 2.24) is 14.7 Å². The number of hydrogen-bond donors (Lipinski definition) is 2. The summed E-state index contributed by atoms with van der Waals surface area (Å²) in [5, 5.41) is 16.8. The van der Waals surface area contributed by atoms with Gasteiger partial charge in [0.05, 0.1) is 17.3 Å². The topological polar surface area (TPSA) is 117 Å². The van der Waals surface area contributed by atoms with Crippen LogP contribution in [0.5, 0.6) is 0 Å². The zero-order valence-electron chi connectivity index (χ0n) is 16.3. The molecule has 0 unspecified atom stereocenters. The molecule has 8 nitrogen and oxygen atoms in total. The number of carbonyl (C=O) groups is 1. The van der Waals surface area contributed by atoms with Gasteiger partial charge in [-0.25, -0.2) is 4.79 Å². The number of rotatable bonds is 6. The van der Waals surface area contributed by atoms with Gasteiger partial charge in [-0.1, -0.05) is 36.7 Å². The Morgan fingerprint density at radius 2 is 2.10 bits per heavy atom. The van der Waals surface area contributed by atoms with Crippen molar-refractivity contribution in [3.05, 3.63) is 70.3 Å². The van der Waals surface area contributed by atoms with Crippen LogP contribution in [-0.4, -0.2) is 20.6 Å². The molecule has 0 atom stereocenters. The fraction of sp³-hybridized carbons (Fsp3) is 0.182. The fourth-order valence-electron chi connectivity index (χ4n) is 3.41. The van der Waals surface area contributed by atoms with Crippen LogP contribution >= 0.6 is 0 Å². The van der Waals surface area contributed by atoms with Crippen LogP contribution in [-0.2, 0) is 6.54 Å². The SMILES string of the molecule is CCCCn1c(C(=O)Nc2ccc(C#N)cc2-c2noc(=O)[nH]2)cc2ccccc21. The molecule has 0 saturated carbocycles. The molecule has 0 bridgehead atoms. The number of nitriles is 1. The van der Waals surface area contributed by atoms with Gasteiger partial charge in [0, 0.05) is 23.0 Å². The van der Waals surface area contributed by atoms with E-state index in [0.717, 1.165) is 30.3 Å². The fourth-order valence-corrected chi connectivity index (χ4v) is 3.41. The minimum Gasteiger partial charge on any atom is -0.336 e. The van der Waals surface area contributed by atoms with Gasteiger partial charge in [-0.05, 0) is 36.8 Å².